The third-order valence-electron chi connectivity index (χ3n) is 3.55. The van der Waals surface area contributed by atoms with E-state index < -0.39 is 6.10 Å². The highest BCUT2D eigenvalue weighted by Gasteiger charge is 2.20. The van der Waals surface area contributed by atoms with Gasteiger partial charge in [0.05, 0.1) is 0 Å². The first-order valence-corrected chi connectivity index (χ1v) is 7.69. The monoisotopic (exact) mass is 317 g/mol. The third-order valence-corrected chi connectivity index (χ3v) is 3.96. The molecule has 0 saturated carbocycles. The number of rotatable bonds is 5. The van der Waals surface area contributed by atoms with Crippen LogP contribution in [0.5, 0.6) is 5.75 Å². The molecule has 2 aromatic rings. The van der Waals surface area contributed by atoms with Crippen molar-refractivity contribution in [3.8, 4) is 5.75 Å². The molecule has 1 N–H and O–H groups in total. The molecular weight excluding hydrogens is 298 g/mol. The van der Waals surface area contributed by atoms with Crippen LogP contribution in [0.1, 0.15) is 24.5 Å². The average Bonchev–Trinajstić information content (AvgIpc) is 2.51. The second-order valence-electron chi connectivity index (χ2n) is 5.18. The minimum atomic E-state index is -0.542. The second-order valence-corrected chi connectivity index (χ2v) is 5.59. The summed E-state index contributed by atoms with van der Waals surface area (Å²) in [5.41, 5.74) is 2.57. The Morgan fingerprint density at radius 3 is 2.59 bits per heavy atom. The Labute approximate surface area is 136 Å². The standard InChI is InChI=1S/C18H20ClNO2/c1-4-16(22-17-11-6-5-8-12(17)2)18(21)20-15-10-7-9-14(19)13(15)3/h5-11,16H,4H2,1-3H3,(H,20,21)/t16-/m0/s1. The highest BCUT2D eigenvalue weighted by atomic mass is 35.5. The molecule has 0 unspecified atom stereocenters. The molecule has 116 valence electrons. The predicted octanol–water partition coefficient (Wildman–Crippen LogP) is 4.75. The van der Waals surface area contributed by atoms with E-state index in [4.69, 9.17) is 16.3 Å². The van der Waals surface area contributed by atoms with Gasteiger partial charge in [0.15, 0.2) is 6.10 Å². The highest BCUT2D eigenvalue weighted by molar-refractivity contribution is 6.31. The van der Waals surface area contributed by atoms with Crippen LogP contribution < -0.4 is 10.1 Å². The van der Waals surface area contributed by atoms with E-state index in [0.717, 1.165) is 16.9 Å². The number of hydrogen-bond donors (Lipinski definition) is 1. The van der Waals surface area contributed by atoms with Crippen molar-refractivity contribution in [2.45, 2.75) is 33.3 Å². The Morgan fingerprint density at radius 2 is 1.91 bits per heavy atom. The number of halogens is 1. The molecule has 4 heteroatoms. The SMILES string of the molecule is CC[C@H](Oc1ccccc1C)C(=O)Nc1cccc(Cl)c1C. The number of ether oxygens (including phenoxy) is 1. The van der Waals surface area contributed by atoms with Gasteiger partial charge in [-0.05, 0) is 49.6 Å². The van der Waals surface area contributed by atoms with Crippen LogP contribution in [-0.4, -0.2) is 12.0 Å². The molecule has 0 aliphatic rings. The van der Waals surface area contributed by atoms with Crippen LogP contribution in [0.4, 0.5) is 5.69 Å². The number of benzene rings is 2. The van der Waals surface area contributed by atoms with Crippen molar-refractivity contribution in [2.75, 3.05) is 5.32 Å². The smallest absolute Gasteiger partial charge is 0.265 e. The predicted molar refractivity (Wildman–Crippen MR) is 90.7 cm³/mol. The van der Waals surface area contributed by atoms with E-state index in [-0.39, 0.29) is 5.91 Å². The Bertz CT molecular complexity index is 670. The van der Waals surface area contributed by atoms with Gasteiger partial charge in [0.25, 0.3) is 5.91 Å². The van der Waals surface area contributed by atoms with Crippen LogP contribution in [0.2, 0.25) is 5.02 Å². The summed E-state index contributed by atoms with van der Waals surface area (Å²) in [6.45, 7) is 5.76. The molecular formula is C18H20ClNO2. The Morgan fingerprint density at radius 1 is 1.18 bits per heavy atom. The third kappa shape index (κ3) is 3.80. The van der Waals surface area contributed by atoms with E-state index in [1.54, 1.807) is 6.07 Å². The summed E-state index contributed by atoms with van der Waals surface area (Å²) in [5.74, 6) is 0.559. The summed E-state index contributed by atoms with van der Waals surface area (Å²) in [5, 5.41) is 3.52. The van der Waals surface area contributed by atoms with Gasteiger partial charge in [-0.3, -0.25) is 4.79 Å². The van der Waals surface area contributed by atoms with Crippen LogP contribution in [0.3, 0.4) is 0 Å². The van der Waals surface area contributed by atoms with E-state index in [1.165, 1.54) is 0 Å². The van der Waals surface area contributed by atoms with Crippen molar-refractivity contribution in [1.82, 2.24) is 0 Å². The highest BCUT2D eigenvalue weighted by Crippen LogP contribution is 2.24. The first-order chi connectivity index (χ1) is 10.5. The average molecular weight is 318 g/mol. The van der Waals surface area contributed by atoms with Gasteiger partial charge in [-0.2, -0.15) is 0 Å². The van der Waals surface area contributed by atoms with Gasteiger partial charge in [0, 0.05) is 10.7 Å². The fourth-order valence-corrected chi connectivity index (χ4v) is 2.29. The first-order valence-electron chi connectivity index (χ1n) is 7.31. The fraction of sp³-hybridized carbons (Fsp3) is 0.278. The lowest BCUT2D eigenvalue weighted by atomic mass is 10.1. The maximum absolute atomic E-state index is 12.4. The molecule has 0 radical (unpaired) electrons. The largest absolute Gasteiger partial charge is 0.480 e. The molecule has 3 nitrogen and oxygen atoms in total. The summed E-state index contributed by atoms with van der Waals surface area (Å²) in [6.07, 6.45) is 0.0410. The number of carbonyl (C=O) groups is 1. The van der Waals surface area contributed by atoms with Crippen molar-refractivity contribution < 1.29 is 9.53 Å². The van der Waals surface area contributed by atoms with Crippen molar-refractivity contribution in [3.05, 3.63) is 58.6 Å². The second kappa shape index (κ2) is 7.32. The topological polar surface area (TPSA) is 38.3 Å². The van der Waals surface area contributed by atoms with E-state index in [0.29, 0.717) is 17.1 Å². The minimum absolute atomic E-state index is 0.170. The number of para-hydroxylation sites is 1. The van der Waals surface area contributed by atoms with E-state index in [9.17, 15) is 4.79 Å². The zero-order valence-corrected chi connectivity index (χ0v) is 13.8. The maximum atomic E-state index is 12.4. The number of hydrogen-bond acceptors (Lipinski definition) is 2. The van der Waals surface area contributed by atoms with Gasteiger partial charge in [0.1, 0.15) is 5.75 Å². The first kappa shape index (κ1) is 16.4. The molecule has 0 aromatic heterocycles. The summed E-state index contributed by atoms with van der Waals surface area (Å²) < 4.78 is 5.85. The minimum Gasteiger partial charge on any atom is -0.480 e. The van der Waals surface area contributed by atoms with E-state index in [1.807, 2.05) is 57.2 Å². The Hall–Kier alpha value is -2.00. The number of carbonyl (C=O) groups excluding carboxylic acids is 1. The van der Waals surface area contributed by atoms with Crippen LogP contribution in [0.25, 0.3) is 0 Å². The van der Waals surface area contributed by atoms with Gasteiger partial charge < -0.3 is 10.1 Å². The zero-order chi connectivity index (χ0) is 16.1. The van der Waals surface area contributed by atoms with Crippen LogP contribution >= 0.6 is 11.6 Å². The molecule has 1 atom stereocenters. The lowest BCUT2D eigenvalue weighted by molar-refractivity contribution is -0.122. The van der Waals surface area contributed by atoms with Crippen LogP contribution in [0, 0.1) is 13.8 Å². The van der Waals surface area contributed by atoms with Gasteiger partial charge in [-0.25, -0.2) is 0 Å². The molecule has 0 bridgehead atoms. The Kier molecular flexibility index (Phi) is 5.45. The number of nitrogens with one attached hydrogen (secondary N) is 1. The molecule has 0 aliphatic carbocycles. The lowest BCUT2D eigenvalue weighted by Gasteiger charge is -2.19. The van der Waals surface area contributed by atoms with Gasteiger partial charge in [0.2, 0.25) is 0 Å². The number of amides is 1. The maximum Gasteiger partial charge on any atom is 0.265 e. The van der Waals surface area contributed by atoms with E-state index >= 15 is 0 Å². The fourth-order valence-electron chi connectivity index (χ4n) is 2.12. The van der Waals surface area contributed by atoms with Crippen LogP contribution in [0.15, 0.2) is 42.5 Å². The molecule has 2 aromatic carbocycles. The zero-order valence-electron chi connectivity index (χ0n) is 13.0. The Balaban J connectivity index is 2.12. The molecule has 2 rings (SSSR count). The lowest BCUT2D eigenvalue weighted by Crippen LogP contribution is -2.32. The summed E-state index contributed by atoms with van der Waals surface area (Å²) >= 11 is 6.08. The summed E-state index contributed by atoms with van der Waals surface area (Å²) in [6, 6.07) is 13.1. The quantitative estimate of drug-likeness (QED) is 0.864. The van der Waals surface area contributed by atoms with Gasteiger partial charge >= 0.3 is 0 Å². The van der Waals surface area contributed by atoms with Crippen molar-refractivity contribution in [2.24, 2.45) is 0 Å². The number of aryl methyl sites for hydroxylation is 1. The molecule has 0 spiro atoms. The van der Waals surface area contributed by atoms with Crippen molar-refractivity contribution in [1.29, 1.82) is 0 Å². The van der Waals surface area contributed by atoms with Gasteiger partial charge in [-0.15, -0.1) is 0 Å². The number of anilines is 1. The molecule has 22 heavy (non-hydrogen) atoms. The molecule has 1 amide bonds. The van der Waals surface area contributed by atoms with Gasteiger partial charge in [-0.1, -0.05) is 42.8 Å². The molecule has 0 heterocycles. The van der Waals surface area contributed by atoms with Crippen molar-refractivity contribution >= 4 is 23.2 Å². The molecule has 0 saturated heterocycles. The normalized spacial score (nSPS) is 11.8. The summed E-state index contributed by atoms with van der Waals surface area (Å²) in [7, 11) is 0. The molecule has 0 fully saturated rings. The van der Waals surface area contributed by atoms with Crippen molar-refractivity contribution in [3.63, 3.8) is 0 Å². The summed E-state index contributed by atoms with van der Waals surface area (Å²) in [4.78, 5) is 12.4. The molecule has 0 aliphatic heterocycles. The van der Waals surface area contributed by atoms with Crippen LogP contribution in [-0.2, 0) is 4.79 Å². The van der Waals surface area contributed by atoms with E-state index in [2.05, 4.69) is 5.32 Å².